The molecule has 9 heteroatoms. The van der Waals surface area contributed by atoms with Gasteiger partial charge in [-0.2, -0.15) is 5.26 Å². The summed E-state index contributed by atoms with van der Waals surface area (Å²) in [7, 11) is -0.525. The van der Waals surface area contributed by atoms with Gasteiger partial charge in [0.05, 0.1) is 17.6 Å². The van der Waals surface area contributed by atoms with Crippen LogP contribution in [0.3, 0.4) is 0 Å². The number of rotatable bonds is 11. The fourth-order valence-electron chi connectivity index (χ4n) is 7.52. The Morgan fingerprint density at radius 3 is 2.50 bits per heavy atom. The van der Waals surface area contributed by atoms with Crippen molar-refractivity contribution in [2.75, 3.05) is 19.6 Å². The van der Waals surface area contributed by atoms with E-state index in [1.165, 1.54) is 6.42 Å². The van der Waals surface area contributed by atoms with Crippen LogP contribution in [0.1, 0.15) is 64.2 Å². The van der Waals surface area contributed by atoms with E-state index in [2.05, 4.69) is 43.5 Å². The number of nitrogens with zero attached hydrogens (tertiary/aromatic N) is 2. The number of nitriles is 1. The molecule has 2 aromatic carbocycles. The number of carbonyl (C=O) groups is 2. The van der Waals surface area contributed by atoms with E-state index in [1.54, 1.807) is 11.0 Å². The molecular weight excluding hydrogens is 551 g/mol. The number of benzene rings is 2. The van der Waals surface area contributed by atoms with Gasteiger partial charge in [-0.25, -0.2) is 4.79 Å². The van der Waals surface area contributed by atoms with Crippen LogP contribution in [0, 0.1) is 28.6 Å². The van der Waals surface area contributed by atoms with Crippen molar-refractivity contribution in [3.05, 3.63) is 76.9 Å². The third-order valence-corrected chi connectivity index (χ3v) is 10.3. The summed E-state index contributed by atoms with van der Waals surface area (Å²) in [6.07, 6.45) is 5.03. The number of carbonyl (C=O) groups excluding carboxylic acids is 2. The van der Waals surface area contributed by atoms with Gasteiger partial charge in [0.1, 0.15) is 11.6 Å². The van der Waals surface area contributed by atoms with Crippen molar-refractivity contribution in [2.24, 2.45) is 17.3 Å². The SMILES string of the molecule is CCN(CC)C(=O)C(C#N)=Cc1cccc(CCNC(=O)N[C@@H](Cc2ccccc2)B2O[C@@H]3CC4CC(C4(C)C)[C@]3(C)O2)c1. The molecule has 2 unspecified atom stereocenters. The number of urea groups is 1. The fraction of sp³-hybridized carbons (Fsp3) is 0.514. The molecule has 5 atom stereocenters. The predicted octanol–water partition coefficient (Wildman–Crippen LogP) is 5.18. The highest BCUT2D eigenvalue weighted by atomic mass is 16.7. The molecule has 8 nitrogen and oxygen atoms in total. The largest absolute Gasteiger partial charge is 0.482 e. The zero-order valence-electron chi connectivity index (χ0n) is 26.6. The molecule has 44 heavy (non-hydrogen) atoms. The van der Waals surface area contributed by atoms with Crippen molar-refractivity contribution in [2.45, 2.75) is 77.9 Å². The maximum Gasteiger partial charge on any atom is 0.482 e. The maximum absolute atomic E-state index is 13.2. The van der Waals surface area contributed by atoms with Gasteiger partial charge in [0, 0.05) is 19.6 Å². The lowest BCUT2D eigenvalue weighted by Crippen LogP contribution is -2.65. The van der Waals surface area contributed by atoms with Gasteiger partial charge in [0.2, 0.25) is 0 Å². The minimum absolute atomic E-state index is 0.0394. The standard InChI is InChI=1S/C35H45BN4O4/c1-6-40(7-2)32(41)27(23-37)19-26-15-11-14-25(18-26)16-17-38-33(42)39-31(20-24-12-9-8-10-13-24)36-43-30-22-28-21-29(34(28,3)4)35(30,5)44-36/h8-15,18-19,28-31H,6-7,16-17,20-22H2,1-5H3,(H2,38,39,42)/t28?,29?,30-,31+,35+/m1/s1. The van der Waals surface area contributed by atoms with Gasteiger partial charge >= 0.3 is 13.1 Å². The summed E-state index contributed by atoms with van der Waals surface area (Å²) < 4.78 is 13.3. The lowest BCUT2D eigenvalue weighted by Gasteiger charge is -2.64. The number of nitrogens with one attached hydrogen (secondary N) is 2. The van der Waals surface area contributed by atoms with Crippen LogP contribution in [0.15, 0.2) is 60.2 Å². The molecule has 4 aliphatic rings. The number of hydrogen-bond donors (Lipinski definition) is 2. The van der Waals surface area contributed by atoms with E-state index in [-0.39, 0.29) is 40.6 Å². The maximum atomic E-state index is 13.2. The Balaban J connectivity index is 1.21. The summed E-state index contributed by atoms with van der Waals surface area (Å²) in [5.41, 5.74) is 2.88. The number of amides is 3. The summed E-state index contributed by atoms with van der Waals surface area (Å²) in [4.78, 5) is 27.5. The van der Waals surface area contributed by atoms with Crippen LogP contribution < -0.4 is 10.6 Å². The van der Waals surface area contributed by atoms with Crippen LogP contribution in [0.25, 0.3) is 6.08 Å². The van der Waals surface area contributed by atoms with Crippen molar-refractivity contribution >= 4 is 25.1 Å². The minimum Gasteiger partial charge on any atom is -0.404 e. The lowest BCUT2D eigenvalue weighted by molar-refractivity contribution is -0.199. The van der Waals surface area contributed by atoms with Gasteiger partial charge in [-0.1, -0.05) is 68.4 Å². The molecule has 2 aromatic rings. The van der Waals surface area contributed by atoms with Gasteiger partial charge in [-0.15, -0.1) is 0 Å². The average Bonchev–Trinajstić information content (AvgIpc) is 3.38. The lowest BCUT2D eigenvalue weighted by atomic mass is 9.43. The van der Waals surface area contributed by atoms with Crippen LogP contribution in [0.5, 0.6) is 0 Å². The fourth-order valence-corrected chi connectivity index (χ4v) is 7.52. The van der Waals surface area contributed by atoms with Crippen molar-refractivity contribution in [1.29, 1.82) is 5.26 Å². The van der Waals surface area contributed by atoms with Crippen molar-refractivity contribution in [3.63, 3.8) is 0 Å². The second-order valence-electron chi connectivity index (χ2n) is 13.2. The second-order valence-corrected chi connectivity index (χ2v) is 13.2. The Hall–Kier alpha value is -3.61. The molecule has 0 radical (unpaired) electrons. The molecule has 3 aliphatic carbocycles. The Morgan fingerprint density at radius 2 is 1.82 bits per heavy atom. The van der Waals surface area contributed by atoms with E-state index in [4.69, 9.17) is 9.31 Å². The summed E-state index contributed by atoms with van der Waals surface area (Å²) in [6, 6.07) is 19.6. The summed E-state index contributed by atoms with van der Waals surface area (Å²) in [5, 5.41) is 15.8. The molecule has 2 bridgehead atoms. The molecule has 1 heterocycles. The van der Waals surface area contributed by atoms with Crippen LogP contribution in [0.2, 0.25) is 0 Å². The molecule has 0 spiro atoms. The first-order valence-electron chi connectivity index (χ1n) is 16.0. The normalized spacial score (nSPS) is 25.7. The van der Waals surface area contributed by atoms with E-state index in [0.717, 1.165) is 23.1 Å². The molecule has 1 saturated heterocycles. The zero-order chi connectivity index (χ0) is 31.5. The number of hydrogen-bond acceptors (Lipinski definition) is 5. The van der Waals surface area contributed by atoms with E-state index >= 15 is 0 Å². The zero-order valence-corrected chi connectivity index (χ0v) is 26.6. The molecule has 3 saturated carbocycles. The third kappa shape index (κ3) is 6.43. The van der Waals surface area contributed by atoms with E-state index in [0.29, 0.717) is 44.3 Å². The highest BCUT2D eigenvalue weighted by molar-refractivity contribution is 6.48. The van der Waals surface area contributed by atoms with Crippen LogP contribution >= 0.6 is 0 Å². The average molecular weight is 597 g/mol. The van der Waals surface area contributed by atoms with Crippen LogP contribution in [0.4, 0.5) is 4.79 Å². The van der Waals surface area contributed by atoms with Crippen molar-refractivity contribution in [1.82, 2.24) is 15.5 Å². The third-order valence-electron chi connectivity index (χ3n) is 10.3. The molecule has 6 rings (SSSR count). The van der Waals surface area contributed by atoms with E-state index < -0.39 is 7.12 Å². The first-order valence-corrected chi connectivity index (χ1v) is 16.0. The quantitative estimate of drug-likeness (QED) is 0.211. The number of likely N-dealkylation sites (N-methyl/N-ethyl adjacent to an activating group) is 1. The molecular formula is C35H45BN4O4. The van der Waals surface area contributed by atoms with Crippen LogP contribution in [-0.4, -0.2) is 61.2 Å². The smallest absolute Gasteiger partial charge is 0.404 e. The van der Waals surface area contributed by atoms with Crippen molar-refractivity contribution < 1.29 is 18.9 Å². The Morgan fingerprint density at radius 1 is 1.09 bits per heavy atom. The highest BCUT2D eigenvalue weighted by Gasteiger charge is 2.68. The monoisotopic (exact) mass is 596 g/mol. The van der Waals surface area contributed by atoms with Crippen molar-refractivity contribution in [3.8, 4) is 6.07 Å². The van der Waals surface area contributed by atoms with Gasteiger partial charge < -0.3 is 24.8 Å². The molecule has 0 aromatic heterocycles. The minimum atomic E-state index is -0.525. The van der Waals surface area contributed by atoms with Crippen LogP contribution in [-0.2, 0) is 26.9 Å². The van der Waals surface area contributed by atoms with E-state index in [1.807, 2.05) is 62.4 Å². The summed E-state index contributed by atoms with van der Waals surface area (Å²) in [6.45, 7) is 12.2. The molecule has 1 aliphatic heterocycles. The summed E-state index contributed by atoms with van der Waals surface area (Å²) >= 11 is 0. The first kappa shape index (κ1) is 31.8. The predicted molar refractivity (Wildman–Crippen MR) is 172 cm³/mol. The van der Waals surface area contributed by atoms with E-state index in [9.17, 15) is 14.9 Å². The van der Waals surface area contributed by atoms with Gasteiger partial charge in [0.15, 0.2) is 0 Å². The second kappa shape index (κ2) is 13.2. The highest BCUT2D eigenvalue weighted by Crippen LogP contribution is 2.65. The van der Waals surface area contributed by atoms with Gasteiger partial charge in [-0.05, 0) is 86.5 Å². The molecule has 2 N–H and O–H groups in total. The Kier molecular flexibility index (Phi) is 9.52. The Bertz CT molecular complexity index is 1420. The summed E-state index contributed by atoms with van der Waals surface area (Å²) in [5.74, 6) is 0.483. The first-order chi connectivity index (χ1) is 21.1. The molecule has 232 valence electrons. The van der Waals surface area contributed by atoms with Gasteiger partial charge in [0.25, 0.3) is 5.91 Å². The topological polar surface area (TPSA) is 104 Å². The van der Waals surface area contributed by atoms with Gasteiger partial charge in [-0.3, -0.25) is 4.79 Å². The Labute approximate surface area is 262 Å². The molecule has 4 fully saturated rings. The molecule has 3 amide bonds.